The number of hydrogen-bond acceptors (Lipinski definition) is 7. The molecule has 1 heterocycles. The van der Waals surface area contributed by atoms with Crippen molar-refractivity contribution < 1.29 is 45.6 Å². The van der Waals surface area contributed by atoms with Gasteiger partial charge in [-0.3, -0.25) is 4.55 Å². The number of alkyl halides is 2. The number of halogens is 4. The van der Waals surface area contributed by atoms with Crippen molar-refractivity contribution in [2.75, 3.05) is 0 Å². The van der Waals surface area contributed by atoms with Gasteiger partial charge < -0.3 is 14.2 Å². The third kappa shape index (κ3) is 3.94. The minimum absolute atomic E-state index is 0.00356. The van der Waals surface area contributed by atoms with E-state index in [-0.39, 0.29) is 31.2 Å². The molecule has 1 aliphatic heterocycles. The van der Waals surface area contributed by atoms with Crippen LogP contribution in [0.2, 0.25) is 0 Å². The van der Waals surface area contributed by atoms with E-state index in [1.807, 2.05) is 22.6 Å². The molecular formula is C15H12F2I2O8S. The van der Waals surface area contributed by atoms with Crippen molar-refractivity contribution in [1.29, 1.82) is 0 Å². The third-order valence-electron chi connectivity index (χ3n) is 4.37. The molecule has 154 valence electrons. The van der Waals surface area contributed by atoms with Crippen LogP contribution in [-0.4, -0.2) is 42.1 Å². The topological polar surface area (TPSA) is 116 Å². The van der Waals surface area contributed by atoms with E-state index in [2.05, 4.69) is 27.3 Å². The lowest BCUT2D eigenvalue weighted by Crippen LogP contribution is -2.49. The predicted octanol–water partition coefficient (Wildman–Crippen LogP) is 3.11. The fraction of sp³-hybridized carbons (Fsp3) is 0.467. The van der Waals surface area contributed by atoms with Gasteiger partial charge in [-0.05, 0) is 70.2 Å². The maximum Gasteiger partial charge on any atom is 0.465 e. The van der Waals surface area contributed by atoms with Gasteiger partial charge in [-0.25, -0.2) is 9.59 Å². The average molecular weight is 644 g/mol. The zero-order valence-electron chi connectivity index (χ0n) is 13.8. The smallest absolute Gasteiger partial charge is 0.457 e. The van der Waals surface area contributed by atoms with Crippen LogP contribution in [0.5, 0.6) is 5.75 Å². The van der Waals surface area contributed by atoms with E-state index in [0.717, 1.165) is 7.14 Å². The standard InChI is InChI=1S/C15H12F2I2O8S/c16-15(17,28(22,23)24)13(21)25-7-3-5-14(6-4-7)26-11-8(12(20)27-14)1-2-9(18)10(11)19/h1-2,7H,3-6H2,(H,22,23,24). The van der Waals surface area contributed by atoms with Gasteiger partial charge in [0.15, 0.2) is 5.75 Å². The van der Waals surface area contributed by atoms with Crippen molar-refractivity contribution in [3.05, 3.63) is 24.8 Å². The second-order valence-electron chi connectivity index (χ2n) is 6.24. The van der Waals surface area contributed by atoms with Crippen molar-refractivity contribution in [2.24, 2.45) is 0 Å². The number of carbonyl (C=O) groups excluding carboxylic acids is 2. The van der Waals surface area contributed by atoms with Crippen LogP contribution >= 0.6 is 45.2 Å². The fourth-order valence-corrected chi connectivity index (χ4v) is 4.17. The van der Waals surface area contributed by atoms with Gasteiger partial charge in [-0.15, -0.1) is 0 Å². The van der Waals surface area contributed by atoms with Gasteiger partial charge >= 0.3 is 27.3 Å². The summed E-state index contributed by atoms with van der Waals surface area (Å²) in [6.45, 7) is 0. The molecule has 1 aromatic carbocycles. The van der Waals surface area contributed by atoms with Gasteiger partial charge in [0.05, 0.1) is 3.57 Å². The van der Waals surface area contributed by atoms with E-state index in [1.54, 1.807) is 12.1 Å². The lowest BCUT2D eigenvalue weighted by molar-refractivity contribution is -0.196. The zero-order chi connectivity index (χ0) is 20.9. The van der Waals surface area contributed by atoms with E-state index >= 15 is 0 Å². The molecule has 0 amide bonds. The molecule has 0 saturated heterocycles. The van der Waals surface area contributed by atoms with Crippen LogP contribution in [0, 0.1) is 7.14 Å². The molecule has 1 saturated carbocycles. The number of hydrogen-bond donors (Lipinski definition) is 1. The minimum Gasteiger partial charge on any atom is -0.457 e. The second kappa shape index (κ2) is 7.46. The zero-order valence-corrected chi connectivity index (χ0v) is 18.9. The molecule has 2 aliphatic rings. The normalized spacial score (nSPS) is 24.9. The molecular weight excluding hydrogens is 632 g/mol. The Bertz CT molecular complexity index is 942. The summed E-state index contributed by atoms with van der Waals surface area (Å²) in [6, 6.07) is 3.33. The van der Waals surface area contributed by atoms with Crippen LogP contribution in [-0.2, 0) is 24.4 Å². The van der Waals surface area contributed by atoms with E-state index in [1.165, 1.54) is 0 Å². The maximum atomic E-state index is 13.3. The lowest BCUT2D eigenvalue weighted by Gasteiger charge is -2.42. The number of carbonyl (C=O) groups is 2. The largest absolute Gasteiger partial charge is 0.465 e. The Morgan fingerprint density at radius 1 is 1.25 bits per heavy atom. The fourth-order valence-electron chi connectivity index (χ4n) is 2.90. The van der Waals surface area contributed by atoms with E-state index in [9.17, 15) is 26.8 Å². The molecule has 3 rings (SSSR count). The predicted molar refractivity (Wildman–Crippen MR) is 105 cm³/mol. The molecule has 1 aromatic rings. The van der Waals surface area contributed by atoms with E-state index < -0.39 is 39.2 Å². The molecule has 1 aliphatic carbocycles. The van der Waals surface area contributed by atoms with Crippen molar-refractivity contribution in [3.8, 4) is 5.75 Å². The molecule has 28 heavy (non-hydrogen) atoms. The summed E-state index contributed by atoms with van der Waals surface area (Å²) < 4.78 is 73.8. The number of benzene rings is 1. The van der Waals surface area contributed by atoms with Crippen molar-refractivity contribution >= 4 is 67.2 Å². The van der Waals surface area contributed by atoms with E-state index in [0.29, 0.717) is 5.75 Å². The summed E-state index contributed by atoms with van der Waals surface area (Å²) in [5, 5.41) is -5.05. The molecule has 0 aromatic heterocycles. The van der Waals surface area contributed by atoms with Gasteiger partial charge in [0.1, 0.15) is 11.7 Å². The van der Waals surface area contributed by atoms with Crippen molar-refractivity contribution in [3.63, 3.8) is 0 Å². The van der Waals surface area contributed by atoms with Crippen LogP contribution < -0.4 is 4.74 Å². The van der Waals surface area contributed by atoms with Crippen LogP contribution in [0.3, 0.4) is 0 Å². The average Bonchev–Trinajstić information content (AvgIpc) is 2.60. The summed E-state index contributed by atoms with van der Waals surface area (Å²) >= 11 is 4.13. The molecule has 1 fully saturated rings. The summed E-state index contributed by atoms with van der Waals surface area (Å²) in [6.07, 6.45) is -0.943. The first-order valence-corrected chi connectivity index (χ1v) is 11.4. The SMILES string of the molecule is O=C1OC2(CCC(OC(=O)C(F)(F)S(=O)(=O)O)CC2)Oc2c1ccc(I)c2I. The summed E-state index contributed by atoms with van der Waals surface area (Å²) in [5.41, 5.74) is 0.275. The first kappa shape index (κ1) is 21.9. The number of fused-ring (bicyclic) bond motifs is 1. The number of esters is 2. The maximum absolute atomic E-state index is 13.3. The molecule has 0 radical (unpaired) electrons. The highest BCUT2D eigenvalue weighted by atomic mass is 127. The Morgan fingerprint density at radius 2 is 1.86 bits per heavy atom. The lowest BCUT2D eigenvalue weighted by atomic mass is 9.90. The molecule has 13 heteroatoms. The molecule has 0 bridgehead atoms. The third-order valence-corrected chi connectivity index (χ3v) is 8.18. The Labute approximate surface area is 185 Å². The highest BCUT2D eigenvalue weighted by Crippen LogP contribution is 2.43. The molecule has 1 N–H and O–H groups in total. The molecule has 1 spiro atoms. The Balaban J connectivity index is 1.71. The Morgan fingerprint density at radius 3 is 2.43 bits per heavy atom. The summed E-state index contributed by atoms with van der Waals surface area (Å²) in [5.74, 6) is -3.88. The summed E-state index contributed by atoms with van der Waals surface area (Å²) in [7, 11) is -5.93. The van der Waals surface area contributed by atoms with Crippen LogP contribution in [0.15, 0.2) is 12.1 Å². The van der Waals surface area contributed by atoms with Crippen LogP contribution in [0.25, 0.3) is 0 Å². The number of rotatable bonds is 3. The van der Waals surface area contributed by atoms with Gasteiger partial charge in [0.2, 0.25) is 0 Å². The highest BCUT2D eigenvalue weighted by molar-refractivity contribution is 14.1. The quantitative estimate of drug-likeness (QED) is 0.304. The highest BCUT2D eigenvalue weighted by Gasteiger charge is 2.55. The Kier molecular flexibility index (Phi) is 5.83. The Hall–Kier alpha value is -0.810. The minimum atomic E-state index is -5.93. The number of ether oxygens (including phenoxy) is 3. The summed E-state index contributed by atoms with van der Waals surface area (Å²) in [4.78, 5) is 23.8. The van der Waals surface area contributed by atoms with Crippen molar-refractivity contribution in [1.82, 2.24) is 0 Å². The molecule has 8 nitrogen and oxygen atoms in total. The van der Waals surface area contributed by atoms with Gasteiger partial charge in [0.25, 0.3) is 5.79 Å². The van der Waals surface area contributed by atoms with Gasteiger partial charge in [0, 0.05) is 16.4 Å². The van der Waals surface area contributed by atoms with Crippen LogP contribution in [0.4, 0.5) is 8.78 Å². The van der Waals surface area contributed by atoms with Gasteiger partial charge in [-0.2, -0.15) is 17.2 Å². The molecule has 0 atom stereocenters. The first-order valence-electron chi connectivity index (χ1n) is 7.82. The first-order chi connectivity index (χ1) is 12.9. The monoisotopic (exact) mass is 644 g/mol. The van der Waals surface area contributed by atoms with Crippen molar-refractivity contribution in [2.45, 2.75) is 42.8 Å². The molecule has 0 unspecified atom stereocenters. The van der Waals surface area contributed by atoms with Crippen LogP contribution in [0.1, 0.15) is 36.0 Å². The second-order valence-corrected chi connectivity index (χ2v) is 9.94. The van der Waals surface area contributed by atoms with E-state index in [4.69, 9.17) is 14.0 Å². The van der Waals surface area contributed by atoms with Gasteiger partial charge in [-0.1, -0.05) is 0 Å².